The van der Waals surface area contributed by atoms with Crippen LogP contribution in [0.4, 0.5) is 8.78 Å². The van der Waals surface area contributed by atoms with Crippen LogP contribution in [0.15, 0.2) is 156 Å². The molecule has 0 saturated carbocycles. The molecule has 2 aromatic heterocycles. The van der Waals surface area contributed by atoms with Crippen LogP contribution in [0.2, 0.25) is 18.1 Å². The molecule has 7 nitrogen and oxygen atoms in total. The fourth-order valence-electron chi connectivity index (χ4n) is 11.5. The average molecular weight is 977 g/mol. The van der Waals surface area contributed by atoms with Crippen molar-refractivity contribution >= 4 is 20.5 Å². The van der Waals surface area contributed by atoms with Gasteiger partial charge in [-0.25, -0.2) is 18.1 Å². The fraction of sp³-hybridized carbons (Fsp3) is 0.377. The van der Waals surface area contributed by atoms with Crippen molar-refractivity contribution in [3.05, 3.63) is 201 Å². The minimum absolute atomic E-state index is 0. The Morgan fingerprint density at radius 3 is 1.51 bits per heavy atom. The summed E-state index contributed by atoms with van der Waals surface area (Å²) in [6.07, 6.45) is 18.0. The molecule has 10 heteroatoms. The molecule has 4 aromatic carbocycles. The molecule has 0 saturated heterocycles. The number of aromatic nitrogens is 4. The van der Waals surface area contributed by atoms with Gasteiger partial charge in [-0.05, 0) is 176 Å². The molecule has 0 radical (unpaired) electrons. The Hall–Kier alpha value is -5.78. The summed E-state index contributed by atoms with van der Waals surface area (Å²) in [4.78, 5) is 0. The molecule has 6 atom stereocenters. The second kappa shape index (κ2) is 20.7. The van der Waals surface area contributed by atoms with Crippen molar-refractivity contribution in [3.8, 4) is 11.4 Å². The molecular formula is C61H74F2N4O3Si. The van der Waals surface area contributed by atoms with Crippen molar-refractivity contribution < 1.29 is 23.8 Å². The van der Waals surface area contributed by atoms with Crippen molar-refractivity contribution in [2.45, 2.75) is 125 Å². The Kier molecular flexibility index (Phi) is 15.5. The van der Waals surface area contributed by atoms with Gasteiger partial charge in [0.2, 0.25) is 0 Å². The average Bonchev–Trinajstić information content (AvgIpc) is 3.91. The standard InChI is InChI=1S/C33H41FN2OSi.C27H27FN2O.CH4.H2O/c1-23-13-18-28(31(19-24-11-9-8-10-12-24)37-38(6,7)32(2,3)4)33(5)21-25-22-35-36(30(25)20-29(23)33)27-16-14-26(34)15-17-27;1-18-8-13-23(26(31)14-19-6-4-3-5-7-19)27(2)16-20-17-29-30(25(20)15-24(18)27)22-11-9-21(28)10-12-22;;/h8-17,20,22,28,31H,18-19,21H2,1-7H3;3-12,15,17,23,26,31H,13-14,16H2,1-2H3;1H4;1H2/t28-,31-,33-;23-,26+,27-;;/m11../s1. The molecule has 0 spiro atoms. The second-order valence-corrected chi connectivity index (χ2v) is 26.8. The van der Waals surface area contributed by atoms with Crippen molar-refractivity contribution in [1.82, 2.24) is 19.6 Å². The van der Waals surface area contributed by atoms with Crippen LogP contribution in [0.5, 0.6) is 0 Å². The lowest BCUT2D eigenvalue weighted by Crippen LogP contribution is -2.51. The molecule has 0 unspecified atom stereocenters. The van der Waals surface area contributed by atoms with Crippen LogP contribution in [-0.4, -0.2) is 50.7 Å². The summed E-state index contributed by atoms with van der Waals surface area (Å²) in [5.74, 6) is -0.0168. The zero-order valence-electron chi connectivity index (χ0n) is 42.3. The molecule has 6 aromatic rings. The number of hydrogen-bond acceptors (Lipinski definition) is 4. The third-order valence-corrected chi connectivity index (χ3v) is 20.9. The molecule has 4 aliphatic rings. The quantitative estimate of drug-likeness (QED) is 0.138. The van der Waals surface area contributed by atoms with Crippen LogP contribution < -0.4 is 0 Å². The van der Waals surface area contributed by atoms with Crippen LogP contribution in [0.25, 0.3) is 23.5 Å². The number of benzene rings is 4. The topological polar surface area (TPSA) is 96.6 Å². The van der Waals surface area contributed by atoms with Gasteiger partial charge < -0.3 is 15.0 Å². The van der Waals surface area contributed by atoms with Gasteiger partial charge in [0.1, 0.15) is 11.6 Å². The zero-order valence-corrected chi connectivity index (χ0v) is 43.3. The van der Waals surface area contributed by atoms with Gasteiger partial charge in [0.15, 0.2) is 8.32 Å². The van der Waals surface area contributed by atoms with Gasteiger partial charge in [0.25, 0.3) is 0 Å². The van der Waals surface area contributed by atoms with E-state index in [0.29, 0.717) is 12.3 Å². The highest BCUT2D eigenvalue weighted by Crippen LogP contribution is 2.55. The Morgan fingerprint density at radius 2 is 1.07 bits per heavy atom. The van der Waals surface area contributed by atoms with E-state index >= 15 is 0 Å². The van der Waals surface area contributed by atoms with E-state index in [-0.39, 0.29) is 52.4 Å². The van der Waals surface area contributed by atoms with E-state index in [0.717, 1.165) is 60.4 Å². The molecule has 374 valence electrons. The number of fused-ring (bicyclic) bond motifs is 4. The maximum absolute atomic E-state index is 13.6. The first-order valence-corrected chi connectivity index (χ1v) is 27.6. The number of rotatable bonds is 10. The van der Waals surface area contributed by atoms with Crippen molar-refractivity contribution in [2.24, 2.45) is 22.7 Å². The third-order valence-electron chi connectivity index (χ3n) is 16.4. The lowest BCUT2D eigenvalue weighted by Gasteiger charge is -2.50. The normalized spacial score (nSPS) is 22.1. The third kappa shape index (κ3) is 10.5. The van der Waals surface area contributed by atoms with Crippen LogP contribution in [0, 0.1) is 34.3 Å². The molecule has 0 bridgehead atoms. The van der Waals surface area contributed by atoms with Crippen molar-refractivity contribution in [3.63, 3.8) is 0 Å². The molecule has 3 N–H and O–H groups in total. The SMILES string of the molecule is C.CC1=CC[C@H]([C@@H](Cc2ccccc2)O[Si](C)(C)C(C)(C)C)[C@@]2(C)Cc3cnn(-c4ccc(F)cc4)c3C=C12.CC1=CC[C@H]([C@@H](O)Cc2ccccc2)[C@@]2(C)Cc3cnn(-c4ccc(F)cc4)c3C=C12.O. The number of aliphatic hydroxyl groups excluding tert-OH is 1. The highest BCUT2D eigenvalue weighted by molar-refractivity contribution is 6.74. The molecule has 0 amide bonds. The molecule has 0 fully saturated rings. The lowest BCUT2D eigenvalue weighted by atomic mass is 9.58. The van der Waals surface area contributed by atoms with E-state index < -0.39 is 14.4 Å². The van der Waals surface area contributed by atoms with Crippen LogP contribution in [0.3, 0.4) is 0 Å². The van der Waals surface area contributed by atoms with Gasteiger partial charge >= 0.3 is 0 Å². The highest BCUT2D eigenvalue weighted by Gasteiger charge is 2.50. The zero-order chi connectivity index (χ0) is 48.9. The maximum atomic E-state index is 13.6. The first kappa shape index (κ1) is 53.0. The summed E-state index contributed by atoms with van der Waals surface area (Å²) in [6, 6.07) is 34.1. The Bertz CT molecular complexity index is 2930. The van der Waals surface area contributed by atoms with Gasteiger partial charge in [-0.15, -0.1) is 0 Å². The number of allylic oxidation sites excluding steroid dienone is 6. The Morgan fingerprint density at radius 1 is 0.662 bits per heavy atom. The smallest absolute Gasteiger partial charge is 0.192 e. The van der Waals surface area contributed by atoms with Crippen molar-refractivity contribution in [1.29, 1.82) is 0 Å². The minimum Gasteiger partial charge on any atom is -0.413 e. The molecule has 4 aliphatic carbocycles. The van der Waals surface area contributed by atoms with Crippen LogP contribution in [-0.2, 0) is 30.1 Å². The van der Waals surface area contributed by atoms with E-state index in [4.69, 9.17) is 9.52 Å². The Balaban J connectivity index is 0.000000207. The minimum atomic E-state index is -2.02. The van der Waals surface area contributed by atoms with Crippen LogP contribution >= 0.6 is 0 Å². The molecular weight excluding hydrogens is 903 g/mol. The van der Waals surface area contributed by atoms with E-state index in [2.05, 4.69) is 133 Å². The number of halogens is 2. The van der Waals surface area contributed by atoms with E-state index in [1.807, 2.05) is 40.0 Å². The van der Waals surface area contributed by atoms with Gasteiger partial charge in [0.05, 0.1) is 47.4 Å². The summed E-state index contributed by atoms with van der Waals surface area (Å²) in [5.41, 5.74) is 13.8. The fourth-order valence-corrected chi connectivity index (χ4v) is 12.8. The number of nitrogens with zero attached hydrogens (tertiary/aromatic N) is 4. The first-order chi connectivity index (χ1) is 32.8. The predicted octanol–water partition coefficient (Wildman–Crippen LogP) is 13.9. The van der Waals surface area contributed by atoms with E-state index in [9.17, 15) is 13.9 Å². The molecule has 71 heavy (non-hydrogen) atoms. The Labute approximate surface area is 422 Å². The summed E-state index contributed by atoms with van der Waals surface area (Å²) >= 11 is 0. The maximum Gasteiger partial charge on any atom is 0.192 e. The monoisotopic (exact) mass is 977 g/mol. The first-order valence-electron chi connectivity index (χ1n) is 24.7. The summed E-state index contributed by atoms with van der Waals surface area (Å²) in [6.45, 7) is 20.9. The largest absolute Gasteiger partial charge is 0.413 e. The van der Waals surface area contributed by atoms with Gasteiger partial charge in [-0.2, -0.15) is 10.2 Å². The number of aliphatic hydroxyl groups is 1. The molecule has 10 rings (SSSR count). The molecule has 0 aliphatic heterocycles. The van der Waals surface area contributed by atoms with E-state index in [1.165, 1.54) is 63.2 Å². The summed E-state index contributed by atoms with van der Waals surface area (Å²) in [7, 11) is -2.02. The highest BCUT2D eigenvalue weighted by atomic mass is 28.4. The lowest BCUT2D eigenvalue weighted by molar-refractivity contribution is 0.0415. The predicted molar refractivity (Wildman–Crippen MR) is 289 cm³/mol. The van der Waals surface area contributed by atoms with Gasteiger partial charge in [-0.3, -0.25) is 0 Å². The summed E-state index contributed by atoms with van der Waals surface area (Å²) in [5, 5.41) is 20.8. The second-order valence-electron chi connectivity index (χ2n) is 22.0. The van der Waals surface area contributed by atoms with Crippen molar-refractivity contribution in [2.75, 3.05) is 0 Å². The molecule has 2 heterocycles. The summed E-state index contributed by atoms with van der Waals surface area (Å²) < 4.78 is 38.1. The number of hydrogen-bond donors (Lipinski definition) is 1. The van der Waals surface area contributed by atoms with Gasteiger partial charge in [0, 0.05) is 10.8 Å². The van der Waals surface area contributed by atoms with Crippen LogP contribution in [0.1, 0.15) is 102 Å². The van der Waals surface area contributed by atoms with Gasteiger partial charge in [-0.1, -0.05) is 126 Å². The van der Waals surface area contributed by atoms with E-state index in [1.54, 1.807) is 24.3 Å².